The Morgan fingerprint density at radius 1 is 1.62 bits per heavy atom. The fourth-order valence-electron chi connectivity index (χ4n) is 1.85. The lowest BCUT2D eigenvalue weighted by Crippen LogP contribution is -2.44. The molecule has 1 fully saturated rings. The summed E-state index contributed by atoms with van der Waals surface area (Å²) in [6, 6.07) is -0.188. The first-order chi connectivity index (χ1) is 7.35. The van der Waals surface area contributed by atoms with Crippen molar-refractivity contribution in [2.45, 2.75) is 51.4 Å². The van der Waals surface area contributed by atoms with Gasteiger partial charge in [-0.05, 0) is 33.6 Å². The molecule has 0 spiro atoms. The van der Waals surface area contributed by atoms with Crippen LogP contribution in [-0.4, -0.2) is 40.4 Å². The van der Waals surface area contributed by atoms with E-state index in [9.17, 15) is 9.90 Å². The zero-order valence-electron chi connectivity index (χ0n) is 10.3. The molecule has 2 atom stereocenters. The molecule has 0 aromatic heterocycles. The summed E-state index contributed by atoms with van der Waals surface area (Å²) in [5, 5.41) is 9.71. The smallest absolute Gasteiger partial charge is 0.410 e. The van der Waals surface area contributed by atoms with Gasteiger partial charge in [0.2, 0.25) is 0 Å². The molecule has 0 unspecified atom stereocenters. The van der Waals surface area contributed by atoms with Crippen LogP contribution in [0.2, 0.25) is 0 Å². The minimum absolute atomic E-state index is 0.188. The molecule has 4 nitrogen and oxygen atoms in total. The van der Waals surface area contributed by atoms with Gasteiger partial charge in [0.1, 0.15) is 5.60 Å². The molecule has 1 amide bonds. The molecule has 4 heteroatoms. The van der Waals surface area contributed by atoms with Gasteiger partial charge in [0.25, 0.3) is 0 Å². The first-order valence-electron chi connectivity index (χ1n) is 5.65. The number of rotatable bonds is 2. The highest BCUT2D eigenvalue weighted by atomic mass is 16.6. The summed E-state index contributed by atoms with van der Waals surface area (Å²) < 4.78 is 5.29. The summed E-state index contributed by atoms with van der Waals surface area (Å²) in [5.74, 6) is 0. The maximum Gasteiger partial charge on any atom is 0.410 e. The molecule has 1 heterocycles. The van der Waals surface area contributed by atoms with E-state index < -0.39 is 11.7 Å². The molecule has 92 valence electrons. The lowest BCUT2D eigenvalue weighted by Gasteiger charge is -2.30. The Balaban J connectivity index is 2.64. The van der Waals surface area contributed by atoms with Crippen LogP contribution in [0, 0.1) is 0 Å². The van der Waals surface area contributed by atoms with E-state index in [0.29, 0.717) is 6.54 Å². The predicted molar refractivity (Wildman–Crippen MR) is 62.2 cm³/mol. The van der Waals surface area contributed by atoms with Crippen LogP contribution in [0.5, 0.6) is 0 Å². The largest absolute Gasteiger partial charge is 0.444 e. The standard InChI is InChI=1S/C12H21NO3/c1-5-10(14)9-7-6-8-13(9)11(15)16-12(2,3)4/h5,9-10,14H,1,6-8H2,2-4H3/t9-,10+/m0/s1. The number of nitrogens with zero attached hydrogens (tertiary/aromatic N) is 1. The minimum atomic E-state index is -0.671. The first kappa shape index (κ1) is 13.0. The van der Waals surface area contributed by atoms with Crippen LogP contribution in [0.15, 0.2) is 12.7 Å². The molecular weight excluding hydrogens is 206 g/mol. The van der Waals surface area contributed by atoms with Gasteiger partial charge in [-0.3, -0.25) is 0 Å². The molecular formula is C12H21NO3. The zero-order chi connectivity index (χ0) is 12.3. The highest BCUT2D eigenvalue weighted by Gasteiger charge is 2.35. The van der Waals surface area contributed by atoms with Gasteiger partial charge >= 0.3 is 6.09 Å². The summed E-state index contributed by atoms with van der Waals surface area (Å²) in [6.07, 6.45) is 2.14. The van der Waals surface area contributed by atoms with Gasteiger partial charge in [0.05, 0.1) is 12.1 Å². The summed E-state index contributed by atoms with van der Waals surface area (Å²) >= 11 is 0. The fourth-order valence-corrected chi connectivity index (χ4v) is 1.85. The Labute approximate surface area is 96.9 Å². The van der Waals surface area contributed by atoms with Crippen molar-refractivity contribution in [2.24, 2.45) is 0 Å². The molecule has 16 heavy (non-hydrogen) atoms. The summed E-state index contributed by atoms with van der Waals surface area (Å²) in [5.41, 5.74) is -0.497. The van der Waals surface area contributed by atoms with E-state index in [1.165, 1.54) is 6.08 Å². The molecule has 0 radical (unpaired) electrons. The normalized spacial score (nSPS) is 23.0. The van der Waals surface area contributed by atoms with E-state index in [0.717, 1.165) is 12.8 Å². The number of carbonyl (C=O) groups is 1. The molecule has 0 bridgehead atoms. The number of hydrogen-bond donors (Lipinski definition) is 1. The third-order valence-electron chi connectivity index (χ3n) is 2.56. The van der Waals surface area contributed by atoms with Crippen molar-refractivity contribution in [3.05, 3.63) is 12.7 Å². The van der Waals surface area contributed by atoms with Crippen LogP contribution in [0.3, 0.4) is 0 Å². The first-order valence-corrected chi connectivity index (χ1v) is 5.65. The van der Waals surface area contributed by atoms with Crippen molar-refractivity contribution in [1.82, 2.24) is 4.90 Å². The molecule has 1 saturated heterocycles. The molecule has 1 aliphatic rings. The van der Waals surface area contributed by atoms with E-state index in [1.807, 2.05) is 20.8 Å². The van der Waals surface area contributed by atoms with Crippen molar-refractivity contribution >= 4 is 6.09 Å². The number of likely N-dealkylation sites (tertiary alicyclic amines) is 1. The Bertz CT molecular complexity index is 270. The van der Waals surface area contributed by atoms with Crippen molar-refractivity contribution in [2.75, 3.05) is 6.54 Å². The van der Waals surface area contributed by atoms with Gasteiger partial charge in [-0.25, -0.2) is 4.79 Å². The van der Waals surface area contributed by atoms with Crippen LogP contribution >= 0.6 is 0 Å². The topological polar surface area (TPSA) is 49.8 Å². The van der Waals surface area contributed by atoms with E-state index in [4.69, 9.17) is 4.74 Å². The number of ether oxygens (including phenoxy) is 1. The number of carbonyl (C=O) groups excluding carboxylic acids is 1. The third kappa shape index (κ3) is 3.23. The Morgan fingerprint density at radius 3 is 2.75 bits per heavy atom. The lowest BCUT2D eigenvalue weighted by molar-refractivity contribution is 0.0114. The van der Waals surface area contributed by atoms with Crippen molar-refractivity contribution in [3.8, 4) is 0 Å². The second-order valence-corrected chi connectivity index (χ2v) is 5.11. The molecule has 0 aromatic rings. The van der Waals surface area contributed by atoms with Gasteiger partial charge in [-0.1, -0.05) is 6.08 Å². The van der Waals surface area contributed by atoms with Crippen LogP contribution in [0.4, 0.5) is 4.79 Å². The Kier molecular flexibility index (Phi) is 3.97. The van der Waals surface area contributed by atoms with Gasteiger partial charge in [0.15, 0.2) is 0 Å². The average Bonchev–Trinajstić information content (AvgIpc) is 2.62. The highest BCUT2D eigenvalue weighted by molar-refractivity contribution is 5.69. The maximum atomic E-state index is 11.9. The van der Waals surface area contributed by atoms with E-state index in [1.54, 1.807) is 4.90 Å². The summed E-state index contributed by atoms with van der Waals surface area (Å²) in [6.45, 7) is 9.69. The third-order valence-corrected chi connectivity index (χ3v) is 2.56. The SMILES string of the molecule is C=C[C@@H](O)[C@@H]1CCCN1C(=O)OC(C)(C)C. The summed E-state index contributed by atoms with van der Waals surface area (Å²) in [4.78, 5) is 13.4. The number of aliphatic hydroxyl groups is 1. The molecule has 0 aliphatic carbocycles. The molecule has 0 saturated carbocycles. The molecule has 1 rings (SSSR count). The van der Waals surface area contributed by atoms with Crippen LogP contribution < -0.4 is 0 Å². The van der Waals surface area contributed by atoms with E-state index in [2.05, 4.69) is 6.58 Å². The Morgan fingerprint density at radius 2 is 2.25 bits per heavy atom. The van der Waals surface area contributed by atoms with Crippen molar-refractivity contribution in [3.63, 3.8) is 0 Å². The average molecular weight is 227 g/mol. The monoisotopic (exact) mass is 227 g/mol. The lowest BCUT2D eigenvalue weighted by atomic mass is 10.1. The Hall–Kier alpha value is -1.03. The van der Waals surface area contributed by atoms with E-state index in [-0.39, 0.29) is 12.1 Å². The molecule has 1 aliphatic heterocycles. The van der Waals surface area contributed by atoms with Crippen LogP contribution in [0.1, 0.15) is 33.6 Å². The van der Waals surface area contributed by atoms with Crippen LogP contribution in [-0.2, 0) is 4.74 Å². The van der Waals surface area contributed by atoms with Gasteiger partial charge in [-0.15, -0.1) is 6.58 Å². The summed E-state index contributed by atoms with van der Waals surface area (Å²) in [7, 11) is 0. The second-order valence-electron chi connectivity index (χ2n) is 5.11. The van der Waals surface area contributed by atoms with Crippen molar-refractivity contribution < 1.29 is 14.6 Å². The van der Waals surface area contributed by atoms with Gasteiger partial charge in [-0.2, -0.15) is 0 Å². The number of aliphatic hydroxyl groups excluding tert-OH is 1. The van der Waals surface area contributed by atoms with Crippen molar-refractivity contribution in [1.29, 1.82) is 0 Å². The second kappa shape index (κ2) is 4.87. The highest BCUT2D eigenvalue weighted by Crippen LogP contribution is 2.23. The van der Waals surface area contributed by atoms with Crippen LogP contribution in [0.25, 0.3) is 0 Å². The van der Waals surface area contributed by atoms with Gasteiger partial charge < -0.3 is 14.7 Å². The number of amides is 1. The molecule has 1 N–H and O–H groups in total. The predicted octanol–water partition coefficient (Wildman–Crippen LogP) is 1.93. The zero-order valence-corrected chi connectivity index (χ0v) is 10.3. The number of hydrogen-bond acceptors (Lipinski definition) is 3. The quantitative estimate of drug-likeness (QED) is 0.733. The molecule has 0 aromatic carbocycles. The maximum absolute atomic E-state index is 11.9. The van der Waals surface area contributed by atoms with Gasteiger partial charge in [0, 0.05) is 6.54 Å². The van der Waals surface area contributed by atoms with E-state index >= 15 is 0 Å². The fraction of sp³-hybridized carbons (Fsp3) is 0.750. The minimum Gasteiger partial charge on any atom is -0.444 e.